The first kappa shape index (κ1) is 8.85. The quantitative estimate of drug-likeness (QED) is 0.791. The number of nitrogens with zero attached hydrogens (tertiary/aromatic N) is 3. The van der Waals surface area contributed by atoms with Crippen molar-refractivity contribution in [1.82, 2.24) is 14.6 Å². The molecule has 0 spiro atoms. The zero-order valence-electron chi connectivity index (χ0n) is 8.77. The molecule has 0 aromatic carbocycles. The van der Waals surface area contributed by atoms with E-state index in [0.29, 0.717) is 6.54 Å². The molecule has 78 valence electrons. The van der Waals surface area contributed by atoms with Crippen LogP contribution >= 0.6 is 0 Å². The van der Waals surface area contributed by atoms with Gasteiger partial charge in [-0.3, -0.25) is 0 Å². The Morgan fingerprint density at radius 1 is 1.47 bits per heavy atom. The van der Waals surface area contributed by atoms with Crippen molar-refractivity contribution in [3.8, 4) is 0 Å². The largest absolute Gasteiger partial charge is 0.329 e. The first-order chi connectivity index (χ1) is 7.23. The van der Waals surface area contributed by atoms with Gasteiger partial charge in [-0.2, -0.15) is 5.10 Å². The van der Waals surface area contributed by atoms with Crippen molar-refractivity contribution in [2.24, 2.45) is 5.73 Å². The van der Waals surface area contributed by atoms with Gasteiger partial charge in [0.15, 0.2) is 11.5 Å². The third-order valence-electron chi connectivity index (χ3n) is 3.20. The number of rotatable bonds is 2. The normalized spacial score (nSPS) is 18.3. The van der Waals surface area contributed by atoms with Crippen molar-refractivity contribution >= 4 is 5.65 Å². The average molecular weight is 202 g/mol. The Kier molecular flexibility index (Phi) is 1.65. The minimum Gasteiger partial charge on any atom is -0.329 e. The highest BCUT2D eigenvalue weighted by molar-refractivity contribution is 5.40. The number of hydrogen-bond acceptors (Lipinski definition) is 3. The molecule has 0 unspecified atom stereocenters. The summed E-state index contributed by atoms with van der Waals surface area (Å²) in [6.07, 6.45) is 4.25. The highest BCUT2D eigenvalue weighted by Crippen LogP contribution is 2.45. The van der Waals surface area contributed by atoms with E-state index in [2.05, 4.69) is 23.1 Å². The fourth-order valence-electron chi connectivity index (χ4n) is 1.88. The van der Waals surface area contributed by atoms with Gasteiger partial charge in [0.05, 0.1) is 0 Å². The Bertz CT molecular complexity index is 510. The summed E-state index contributed by atoms with van der Waals surface area (Å²) in [5.41, 5.74) is 7.95. The van der Waals surface area contributed by atoms with Gasteiger partial charge in [0.25, 0.3) is 0 Å². The van der Waals surface area contributed by atoms with Gasteiger partial charge in [-0.25, -0.2) is 9.50 Å². The lowest BCUT2D eigenvalue weighted by Gasteiger charge is -2.04. The van der Waals surface area contributed by atoms with Gasteiger partial charge in [-0.05, 0) is 31.4 Å². The fourth-order valence-corrected chi connectivity index (χ4v) is 1.88. The lowest BCUT2D eigenvalue weighted by Crippen LogP contribution is -2.21. The van der Waals surface area contributed by atoms with Crippen LogP contribution in [0.25, 0.3) is 5.65 Å². The van der Waals surface area contributed by atoms with Crippen molar-refractivity contribution in [2.45, 2.75) is 25.2 Å². The smallest absolute Gasteiger partial charge is 0.159 e. The van der Waals surface area contributed by atoms with Crippen LogP contribution in [-0.4, -0.2) is 21.1 Å². The minimum absolute atomic E-state index is 0.0833. The van der Waals surface area contributed by atoms with Gasteiger partial charge >= 0.3 is 0 Å². The molecule has 1 aliphatic carbocycles. The molecule has 2 aromatic rings. The summed E-state index contributed by atoms with van der Waals surface area (Å²) < 4.78 is 1.85. The Morgan fingerprint density at radius 2 is 2.27 bits per heavy atom. The topological polar surface area (TPSA) is 56.2 Å². The number of nitrogens with two attached hydrogens (primary N) is 1. The molecule has 0 amide bonds. The Balaban J connectivity index is 2.14. The molecule has 0 radical (unpaired) electrons. The van der Waals surface area contributed by atoms with Gasteiger partial charge in [0, 0.05) is 18.2 Å². The van der Waals surface area contributed by atoms with Crippen LogP contribution in [0, 0.1) is 6.92 Å². The highest BCUT2D eigenvalue weighted by atomic mass is 15.3. The van der Waals surface area contributed by atoms with E-state index < -0.39 is 0 Å². The Hall–Kier alpha value is -1.42. The summed E-state index contributed by atoms with van der Waals surface area (Å²) in [7, 11) is 0. The third kappa shape index (κ3) is 1.25. The lowest BCUT2D eigenvalue weighted by molar-refractivity contribution is 0.647. The standard InChI is InChI=1S/C11H14N4/c1-8-2-3-9-13-10(14-15(9)6-8)11(7-12)4-5-11/h2-3,6H,4-5,7,12H2,1H3. The number of hydrogen-bond donors (Lipinski definition) is 1. The maximum atomic E-state index is 5.76. The summed E-state index contributed by atoms with van der Waals surface area (Å²) in [6.45, 7) is 2.71. The molecule has 0 bridgehead atoms. The van der Waals surface area contributed by atoms with E-state index >= 15 is 0 Å². The van der Waals surface area contributed by atoms with Gasteiger partial charge in [-0.1, -0.05) is 6.07 Å². The maximum Gasteiger partial charge on any atom is 0.159 e. The predicted octanol–water partition coefficient (Wildman–Crippen LogP) is 1.03. The first-order valence-electron chi connectivity index (χ1n) is 5.27. The molecule has 2 heterocycles. The number of aromatic nitrogens is 3. The molecule has 1 fully saturated rings. The number of fused-ring (bicyclic) bond motifs is 1. The lowest BCUT2D eigenvalue weighted by atomic mass is 10.1. The molecule has 0 aliphatic heterocycles. The van der Waals surface area contributed by atoms with Crippen LogP contribution in [0.3, 0.4) is 0 Å². The molecule has 2 N–H and O–H groups in total. The highest BCUT2D eigenvalue weighted by Gasteiger charge is 2.46. The van der Waals surface area contributed by atoms with Crippen molar-refractivity contribution in [3.63, 3.8) is 0 Å². The second kappa shape index (κ2) is 2.79. The van der Waals surface area contributed by atoms with Crippen LogP contribution in [0.4, 0.5) is 0 Å². The zero-order valence-corrected chi connectivity index (χ0v) is 8.77. The predicted molar refractivity (Wildman–Crippen MR) is 57.7 cm³/mol. The number of pyridine rings is 1. The molecular formula is C11H14N4. The van der Waals surface area contributed by atoms with Gasteiger partial charge in [0.1, 0.15) is 0 Å². The van der Waals surface area contributed by atoms with E-state index in [1.807, 2.05) is 16.8 Å². The first-order valence-corrected chi connectivity index (χ1v) is 5.27. The zero-order chi connectivity index (χ0) is 10.5. The molecule has 4 heteroatoms. The monoisotopic (exact) mass is 202 g/mol. The van der Waals surface area contributed by atoms with E-state index in [0.717, 1.165) is 24.3 Å². The summed E-state index contributed by atoms with van der Waals surface area (Å²) >= 11 is 0. The molecule has 3 rings (SSSR count). The number of aryl methyl sites for hydroxylation is 1. The second-order valence-electron chi connectivity index (χ2n) is 4.43. The van der Waals surface area contributed by atoms with Gasteiger partial charge in [0.2, 0.25) is 0 Å². The van der Waals surface area contributed by atoms with Crippen molar-refractivity contribution in [3.05, 3.63) is 29.7 Å². The van der Waals surface area contributed by atoms with E-state index in [1.165, 1.54) is 5.56 Å². The SMILES string of the molecule is Cc1ccc2nc(C3(CN)CC3)nn2c1. The van der Waals surface area contributed by atoms with E-state index in [9.17, 15) is 0 Å². The van der Waals surface area contributed by atoms with Crippen LogP contribution in [0.15, 0.2) is 18.3 Å². The van der Waals surface area contributed by atoms with E-state index in [1.54, 1.807) is 0 Å². The molecule has 4 nitrogen and oxygen atoms in total. The third-order valence-corrected chi connectivity index (χ3v) is 3.20. The van der Waals surface area contributed by atoms with Crippen molar-refractivity contribution in [1.29, 1.82) is 0 Å². The Labute approximate surface area is 88.1 Å². The Morgan fingerprint density at radius 3 is 2.93 bits per heavy atom. The van der Waals surface area contributed by atoms with Crippen LogP contribution in [0.5, 0.6) is 0 Å². The molecule has 2 aromatic heterocycles. The summed E-state index contributed by atoms with van der Waals surface area (Å²) in [6, 6.07) is 4.05. The molecule has 0 atom stereocenters. The average Bonchev–Trinajstić information content (AvgIpc) is 2.93. The molecular weight excluding hydrogens is 188 g/mol. The second-order valence-corrected chi connectivity index (χ2v) is 4.43. The van der Waals surface area contributed by atoms with Crippen LogP contribution in [0.2, 0.25) is 0 Å². The minimum atomic E-state index is 0.0833. The van der Waals surface area contributed by atoms with E-state index in [4.69, 9.17) is 5.73 Å². The van der Waals surface area contributed by atoms with Crippen molar-refractivity contribution in [2.75, 3.05) is 6.54 Å². The van der Waals surface area contributed by atoms with Gasteiger partial charge in [-0.15, -0.1) is 0 Å². The molecule has 0 saturated heterocycles. The van der Waals surface area contributed by atoms with E-state index in [-0.39, 0.29) is 5.41 Å². The van der Waals surface area contributed by atoms with Crippen LogP contribution in [0.1, 0.15) is 24.2 Å². The summed E-state index contributed by atoms with van der Waals surface area (Å²) in [4.78, 5) is 4.53. The molecule has 1 saturated carbocycles. The molecule has 15 heavy (non-hydrogen) atoms. The van der Waals surface area contributed by atoms with Crippen molar-refractivity contribution < 1.29 is 0 Å². The maximum absolute atomic E-state index is 5.76. The fraction of sp³-hybridized carbons (Fsp3) is 0.455. The summed E-state index contributed by atoms with van der Waals surface area (Å²) in [5.74, 6) is 0.913. The van der Waals surface area contributed by atoms with Gasteiger partial charge < -0.3 is 5.73 Å². The van der Waals surface area contributed by atoms with Crippen LogP contribution < -0.4 is 5.73 Å². The molecule has 1 aliphatic rings. The van der Waals surface area contributed by atoms with Crippen LogP contribution in [-0.2, 0) is 5.41 Å². The summed E-state index contributed by atoms with van der Waals surface area (Å²) in [5, 5.41) is 4.50.